The summed E-state index contributed by atoms with van der Waals surface area (Å²) < 4.78 is 0. The van der Waals surface area contributed by atoms with Gasteiger partial charge in [-0.1, -0.05) is 38.8 Å². The summed E-state index contributed by atoms with van der Waals surface area (Å²) in [6, 6.07) is 0. The van der Waals surface area contributed by atoms with Crippen LogP contribution in [0.3, 0.4) is 0 Å². The van der Waals surface area contributed by atoms with Crippen LogP contribution in [0, 0.1) is 40.4 Å². The smallest absolute Gasteiger partial charge is 0.155 e. The van der Waals surface area contributed by atoms with Crippen LogP contribution in [0.15, 0.2) is 22.8 Å². The average Bonchev–Trinajstić information content (AvgIpc) is 3.07. The van der Waals surface area contributed by atoms with Crippen LogP contribution in [-0.4, -0.2) is 17.0 Å². The normalized spacial score (nSPS) is 42.9. The Balaban J connectivity index is 1.53. The van der Waals surface area contributed by atoms with Crippen LogP contribution in [0.4, 0.5) is 0 Å². The number of aliphatic hydroxyl groups is 1. The topological polar surface area (TPSA) is 37.3 Å². The highest BCUT2D eigenvalue weighted by Crippen LogP contribution is 2.67. The maximum atomic E-state index is 12.1. The van der Waals surface area contributed by atoms with Gasteiger partial charge < -0.3 is 5.11 Å². The Morgan fingerprint density at radius 2 is 1.90 bits per heavy atom. The predicted molar refractivity (Wildman–Crippen MR) is 129 cm³/mol. The molecule has 0 aliphatic heterocycles. The molecule has 31 heavy (non-hydrogen) atoms. The van der Waals surface area contributed by atoms with E-state index in [0.717, 1.165) is 36.2 Å². The highest BCUT2D eigenvalue weighted by atomic mass is 16.3. The number of ketones is 1. The molecule has 174 valence electrons. The number of hydrogen-bond acceptors (Lipinski definition) is 2. The van der Waals surface area contributed by atoms with E-state index in [1.54, 1.807) is 5.57 Å². The largest absolute Gasteiger partial charge is 0.389 e. The molecule has 4 rings (SSSR count). The van der Waals surface area contributed by atoms with Crippen molar-refractivity contribution in [2.75, 3.05) is 0 Å². The van der Waals surface area contributed by atoms with E-state index in [2.05, 4.69) is 41.5 Å². The number of carbonyl (C=O) groups is 1. The van der Waals surface area contributed by atoms with Crippen LogP contribution < -0.4 is 0 Å². The first-order chi connectivity index (χ1) is 14.6. The van der Waals surface area contributed by atoms with Crippen LogP contribution in [0.2, 0.25) is 0 Å². The number of fused-ring (bicyclic) bond motifs is 5. The second-order valence-electron chi connectivity index (χ2n) is 12.3. The lowest BCUT2D eigenvalue weighted by molar-refractivity contribution is -0.119. The maximum absolute atomic E-state index is 12.1. The van der Waals surface area contributed by atoms with Gasteiger partial charge in [0.1, 0.15) is 0 Å². The average molecular weight is 427 g/mol. The van der Waals surface area contributed by atoms with Crippen molar-refractivity contribution in [2.45, 2.75) is 112 Å². The van der Waals surface area contributed by atoms with E-state index in [1.165, 1.54) is 50.5 Å². The minimum atomic E-state index is -0.404. The zero-order valence-electron chi connectivity index (χ0n) is 21.0. The van der Waals surface area contributed by atoms with Crippen molar-refractivity contribution in [1.29, 1.82) is 0 Å². The van der Waals surface area contributed by atoms with Crippen molar-refractivity contribution in [1.82, 2.24) is 0 Å². The van der Waals surface area contributed by atoms with Gasteiger partial charge in [0.25, 0.3) is 0 Å². The summed E-state index contributed by atoms with van der Waals surface area (Å²) in [6.45, 7) is 14.3. The molecule has 0 bridgehead atoms. The zero-order chi connectivity index (χ0) is 22.6. The van der Waals surface area contributed by atoms with Crippen molar-refractivity contribution in [3.63, 3.8) is 0 Å². The third-order valence-corrected chi connectivity index (χ3v) is 10.8. The predicted octanol–water partition coefficient (Wildman–Crippen LogP) is 7.27. The molecule has 0 amide bonds. The third kappa shape index (κ3) is 3.79. The zero-order valence-corrected chi connectivity index (χ0v) is 21.0. The molecule has 3 saturated carbocycles. The molecule has 0 aromatic heterocycles. The standard InChI is InChI=1S/C29H46O2/c1-7-20(18(2)3)9-8-19(4)23-10-11-24-22-17-27(31)26-16-21(30)12-14-29(26,6)25(22)13-15-28(23,24)5/h16,19,22-25,27,31H,7-15,17H2,1-6H3/t19?,22-,23+,24-,25-,27+,28+,29+/m0/s1. The van der Waals surface area contributed by atoms with Gasteiger partial charge in [0.15, 0.2) is 5.78 Å². The Bertz CT molecular complexity index is 772. The number of allylic oxidation sites excluding steroid dienone is 2. The van der Waals surface area contributed by atoms with E-state index in [-0.39, 0.29) is 11.2 Å². The molecule has 1 unspecified atom stereocenters. The molecule has 1 N–H and O–H groups in total. The molecule has 0 radical (unpaired) electrons. The van der Waals surface area contributed by atoms with Gasteiger partial charge in [-0.3, -0.25) is 4.79 Å². The Morgan fingerprint density at radius 1 is 1.16 bits per heavy atom. The molecule has 0 aromatic carbocycles. The van der Waals surface area contributed by atoms with E-state index in [9.17, 15) is 9.90 Å². The molecular weight excluding hydrogens is 380 g/mol. The van der Waals surface area contributed by atoms with E-state index < -0.39 is 6.10 Å². The number of rotatable bonds is 5. The highest BCUT2D eigenvalue weighted by molar-refractivity contribution is 5.91. The van der Waals surface area contributed by atoms with Crippen molar-refractivity contribution < 1.29 is 9.90 Å². The number of hydrogen-bond donors (Lipinski definition) is 1. The summed E-state index contributed by atoms with van der Waals surface area (Å²) in [7, 11) is 0. The first-order valence-corrected chi connectivity index (χ1v) is 13.2. The van der Waals surface area contributed by atoms with Gasteiger partial charge in [-0.2, -0.15) is 0 Å². The van der Waals surface area contributed by atoms with Gasteiger partial charge in [0, 0.05) is 6.42 Å². The van der Waals surface area contributed by atoms with Crippen LogP contribution in [0.25, 0.3) is 0 Å². The van der Waals surface area contributed by atoms with E-state index in [1.807, 2.05) is 6.08 Å². The van der Waals surface area contributed by atoms with Crippen molar-refractivity contribution in [3.05, 3.63) is 22.8 Å². The summed E-state index contributed by atoms with van der Waals surface area (Å²) in [5.74, 6) is 3.86. The Morgan fingerprint density at radius 3 is 2.58 bits per heavy atom. The lowest BCUT2D eigenvalue weighted by Crippen LogP contribution is -2.54. The molecule has 0 saturated heterocycles. The Kier molecular flexibility index (Phi) is 6.36. The SMILES string of the molecule is CCC(CCC(C)[C@H]1CC[C@H]2[C@@H]3C[C@@H](O)C4=CC(=O)CC[C@]4(C)[C@H]3CC[C@]12C)=C(C)C. The summed E-state index contributed by atoms with van der Waals surface area (Å²) in [5.41, 5.74) is 4.72. The lowest BCUT2D eigenvalue weighted by atomic mass is 9.46. The van der Waals surface area contributed by atoms with Gasteiger partial charge in [-0.05, 0) is 124 Å². The van der Waals surface area contributed by atoms with Gasteiger partial charge >= 0.3 is 0 Å². The highest BCUT2D eigenvalue weighted by Gasteiger charge is 2.60. The van der Waals surface area contributed by atoms with Crippen LogP contribution in [0.1, 0.15) is 106 Å². The van der Waals surface area contributed by atoms with Crippen molar-refractivity contribution in [2.24, 2.45) is 40.4 Å². The monoisotopic (exact) mass is 426 g/mol. The van der Waals surface area contributed by atoms with Gasteiger partial charge in [0.05, 0.1) is 6.10 Å². The molecule has 4 aliphatic carbocycles. The molecular formula is C29H46O2. The lowest BCUT2D eigenvalue weighted by Gasteiger charge is -2.59. The van der Waals surface area contributed by atoms with Gasteiger partial charge in [0.2, 0.25) is 0 Å². The fourth-order valence-corrected chi connectivity index (χ4v) is 8.96. The minimum Gasteiger partial charge on any atom is -0.389 e. The van der Waals surface area contributed by atoms with Crippen LogP contribution in [-0.2, 0) is 4.79 Å². The summed E-state index contributed by atoms with van der Waals surface area (Å²) >= 11 is 0. The fourth-order valence-electron chi connectivity index (χ4n) is 8.96. The second-order valence-corrected chi connectivity index (χ2v) is 12.3. The summed E-state index contributed by atoms with van der Waals surface area (Å²) in [4.78, 5) is 12.1. The number of carbonyl (C=O) groups excluding carboxylic acids is 1. The molecule has 0 aromatic rings. The van der Waals surface area contributed by atoms with Gasteiger partial charge in [-0.15, -0.1) is 0 Å². The molecule has 2 heteroatoms. The quantitative estimate of drug-likeness (QED) is 0.469. The van der Waals surface area contributed by atoms with Crippen molar-refractivity contribution >= 4 is 5.78 Å². The first kappa shape index (κ1) is 23.3. The maximum Gasteiger partial charge on any atom is 0.155 e. The summed E-state index contributed by atoms with van der Waals surface area (Å²) in [6.07, 6.45) is 13.0. The van der Waals surface area contributed by atoms with E-state index >= 15 is 0 Å². The third-order valence-electron chi connectivity index (χ3n) is 10.8. The van der Waals surface area contributed by atoms with E-state index in [4.69, 9.17) is 0 Å². The molecule has 2 nitrogen and oxygen atoms in total. The van der Waals surface area contributed by atoms with E-state index in [0.29, 0.717) is 23.7 Å². The van der Waals surface area contributed by atoms with Crippen molar-refractivity contribution in [3.8, 4) is 0 Å². The molecule has 0 heterocycles. The summed E-state index contributed by atoms with van der Waals surface area (Å²) in [5, 5.41) is 11.1. The van der Waals surface area contributed by atoms with Gasteiger partial charge in [-0.25, -0.2) is 0 Å². The second kappa shape index (κ2) is 8.47. The number of aliphatic hydroxyl groups excluding tert-OH is 1. The Hall–Kier alpha value is -0.890. The van der Waals surface area contributed by atoms with Crippen LogP contribution in [0.5, 0.6) is 0 Å². The molecule has 0 spiro atoms. The van der Waals surface area contributed by atoms with Crippen LogP contribution >= 0.6 is 0 Å². The molecule has 3 fully saturated rings. The molecule has 4 aliphatic rings. The fraction of sp³-hybridized carbons (Fsp3) is 0.828. The molecule has 8 atom stereocenters. The minimum absolute atomic E-state index is 0.0424. The Labute approximate surface area is 191 Å². The first-order valence-electron chi connectivity index (χ1n) is 13.2.